The van der Waals surface area contributed by atoms with Crippen molar-refractivity contribution in [1.82, 2.24) is 46.3 Å². The lowest BCUT2D eigenvalue weighted by molar-refractivity contribution is 0.104. The molecule has 0 radical (unpaired) electrons. The Kier molecular flexibility index (Phi) is 7.13. The van der Waals surface area contributed by atoms with Crippen LogP contribution in [-0.2, 0) is 52.0 Å². The molecule has 0 saturated carbocycles. The van der Waals surface area contributed by atoms with E-state index in [0.29, 0.717) is 32.9 Å². The van der Waals surface area contributed by atoms with Gasteiger partial charge in [-0.2, -0.15) is 48.9 Å². The summed E-state index contributed by atoms with van der Waals surface area (Å²) in [6.45, 7) is 0.239. The normalized spacial score (nSPS) is 13.0. The van der Waals surface area contributed by atoms with Crippen molar-refractivity contribution in [1.29, 1.82) is 0 Å². The predicted molar refractivity (Wildman–Crippen MR) is 146 cm³/mol. The van der Waals surface area contributed by atoms with Gasteiger partial charge in [-0.05, 0) is 12.1 Å². The number of hydrogen-bond donors (Lipinski definition) is 0. The highest BCUT2D eigenvalue weighted by molar-refractivity contribution is 7.87. The zero-order chi connectivity index (χ0) is 29.0. The summed E-state index contributed by atoms with van der Waals surface area (Å²) in [5.41, 5.74) is 1.45. The highest BCUT2D eigenvalue weighted by Crippen LogP contribution is 2.31. The summed E-state index contributed by atoms with van der Waals surface area (Å²) < 4.78 is 62.1. The number of nitrogens with zero attached hydrogens (tertiary/aromatic N) is 10. The molecular formula is C21H26N10O6S3. The second kappa shape index (κ2) is 10.2. The number of thiazole rings is 1. The van der Waals surface area contributed by atoms with Crippen LogP contribution in [0.25, 0.3) is 21.3 Å². The number of fused-ring (bicyclic) bond motifs is 3. The fourth-order valence-electron chi connectivity index (χ4n) is 3.84. The summed E-state index contributed by atoms with van der Waals surface area (Å²) in [6, 6.07) is 3.08. The van der Waals surface area contributed by atoms with E-state index in [2.05, 4.69) is 20.3 Å². The monoisotopic (exact) mass is 610 g/mol. The fourth-order valence-corrected chi connectivity index (χ4v) is 6.40. The van der Waals surface area contributed by atoms with Gasteiger partial charge in [0.05, 0.1) is 42.0 Å². The van der Waals surface area contributed by atoms with Crippen LogP contribution in [0.5, 0.6) is 0 Å². The molecule has 0 aromatic carbocycles. The first-order valence-corrected chi connectivity index (χ1v) is 15.3. The molecule has 214 valence electrons. The van der Waals surface area contributed by atoms with Crippen molar-refractivity contribution in [2.75, 3.05) is 28.2 Å². The maximum absolute atomic E-state index is 13.3. The Hall–Kier alpha value is -3.49. The minimum atomic E-state index is -3.77. The first-order chi connectivity index (χ1) is 18.8. The van der Waals surface area contributed by atoms with Gasteiger partial charge in [-0.15, -0.1) is 11.3 Å². The van der Waals surface area contributed by atoms with E-state index in [1.165, 1.54) is 62.7 Å². The molecule has 0 aliphatic rings. The molecule has 0 fully saturated rings. The van der Waals surface area contributed by atoms with Crippen molar-refractivity contribution in [3.05, 3.63) is 57.5 Å². The zero-order valence-electron chi connectivity index (χ0n) is 22.2. The maximum Gasteiger partial charge on any atom is 0.322 e. The van der Waals surface area contributed by atoms with Gasteiger partial charge in [-0.3, -0.25) is 4.79 Å². The highest BCUT2D eigenvalue weighted by Gasteiger charge is 2.21. The van der Waals surface area contributed by atoms with Crippen molar-refractivity contribution in [2.24, 2.45) is 7.05 Å². The molecule has 0 N–H and O–H groups in total. The standard InChI is InChI=1S/C21H26N10O6S3/c1-26(2)39(33,34)30-8-6-14(24-30)11-29-21(32)18-16(10-22-29)19-20(28(18)5)23-17(38-19)13-37-12-15-7-9-31(25-15)40(35,36)27(3)4/h6-10H,11-13H2,1-5H3. The molecule has 40 heavy (non-hydrogen) atoms. The topological polar surface area (TPSA) is 172 Å². The average molecular weight is 611 g/mol. The van der Waals surface area contributed by atoms with Crippen LogP contribution in [0.2, 0.25) is 0 Å². The minimum Gasteiger partial charge on any atom is -0.368 e. The average Bonchev–Trinajstić information content (AvgIpc) is 3.67. The number of rotatable bonds is 10. The summed E-state index contributed by atoms with van der Waals surface area (Å²) >= 11 is 1.36. The van der Waals surface area contributed by atoms with Crippen molar-refractivity contribution in [2.45, 2.75) is 19.8 Å². The Morgan fingerprint density at radius 2 is 1.52 bits per heavy atom. The van der Waals surface area contributed by atoms with Crippen LogP contribution in [0.4, 0.5) is 0 Å². The maximum atomic E-state index is 13.3. The van der Waals surface area contributed by atoms with Crippen molar-refractivity contribution >= 4 is 53.0 Å². The zero-order valence-corrected chi connectivity index (χ0v) is 24.6. The van der Waals surface area contributed by atoms with Crippen molar-refractivity contribution in [3.63, 3.8) is 0 Å². The van der Waals surface area contributed by atoms with Crippen LogP contribution in [0.1, 0.15) is 16.4 Å². The molecule has 0 unspecified atom stereocenters. The minimum absolute atomic E-state index is 0.0122. The molecule has 0 amide bonds. The molecule has 0 atom stereocenters. The smallest absolute Gasteiger partial charge is 0.322 e. The molecule has 5 rings (SSSR count). The van der Waals surface area contributed by atoms with Gasteiger partial charge in [0, 0.05) is 53.0 Å². The molecule has 0 bridgehead atoms. The molecule has 0 spiro atoms. The van der Waals surface area contributed by atoms with Crippen LogP contribution in [-0.4, -0.2) is 91.3 Å². The van der Waals surface area contributed by atoms with Crippen LogP contribution < -0.4 is 5.56 Å². The van der Waals surface area contributed by atoms with Gasteiger partial charge in [0.2, 0.25) is 0 Å². The van der Waals surface area contributed by atoms with Crippen LogP contribution in [0.3, 0.4) is 0 Å². The lowest BCUT2D eigenvalue weighted by atomic mass is 10.3. The molecule has 5 aromatic heterocycles. The quantitative estimate of drug-likeness (QED) is 0.206. The van der Waals surface area contributed by atoms with Gasteiger partial charge in [-0.25, -0.2) is 9.67 Å². The Morgan fingerprint density at radius 1 is 0.925 bits per heavy atom. The fraction of sp³-hybridized carbons (Fsp3) is 0.381. The summed E-state index contributed by atoms with van der Waals surface area (Å²) in [5.74, 6) is 0. The Labute approximate surface area is 233 Å². The summed E-state index contributed by atoms with van der Waals surface area (Å²) in [7, 11) is -0.0788. The van der Waals surface area contributed by atoms with E-state index in [-0.39, 0.29) is 25.3 Å². The molecule has 5 aromatic rings. The van der Waals surface area contributed by atoms with E-state index in [1.54, 1.807) is 23.9 Å². The van der Waals surface area contributed by atoms with Crippen LogP contribution >= 0.6 is 11.3 Å². The Bertz CT molecular complexity index is 2000. The molecule has 5 heterocycles. The molecule has 19 heteroatoms. The SMILES string of the molecule is CN(C)S(=O)(=O)n1ccc(COCc2nc3c(s2)c2cnn(Cc4ccn(S(=O)(=O)N(C)C)n4)c(=O)c2n3C)n1. The van der Waals surface area contributed by atoms with Gasteiger partial charge in [0.1, 0.15) is 10.5 Å². The molecular weight excluding hydrogens is 584 g/mol. The van der Waals surface area contributed by atoms with Gasteiger partial charge in [-0.1, -0.05) is 0 Å². The number of hydrogen-bond acceptors (Lipinski definition) is 11. The van der Waals surface area contributed by atoms with E-state index in [1.807, 2.05) is 0 Å². The van der Waals surface area contributed by atoms with E-state index < -0.39 is 20.4 Å². The Balaban J connectivity index is 1.33. The molecule has 0 saturated heterocycles. The predicted octanol–water partition coefficient (Wildman–Crippen LogP) is -0.188. The van der Waals surface area contributed by atoms with Gasteiger partial charge < -0.3 is 9.30 Å². The van der Waals surface area contributed by atoms with E-state index in [9.17, 15) is 21.6 Å². The lowest BCUT2D eigenvalue weighted by Crippen LogP contribution is -2.29. The van der Waals surface area contributed by atoms with Crippen LogP contribution in [0, 0.1) is 0 Å². The third kappa shape index (κ3) is 4.84. The van der Waals surface area contributed by atoms with Gasteiger partial charge >= 0.3 is 20.4 Å². The second-order valence-electron chi connectivity index (χ2n) is 9.12. The van der Waals surface area contributed by atoms with Crippen molar-refractivity contribution in [3.8, 4) is 0 Å². The summed E-state index contributed by atoms with van der Waals surface area (Å²) in [6.07, 6.45) is 4.25. The first-order valence-electron chi connectivity index (χ1n) is 11.7. The van der Waals surface area contributed by atoms with Gasteiger partial charge in [0.15, 0.2) is 5.65 Å². The highest BCUT2D eigenvalue weighted by atomic mass is 32.2. The second-order valence-corrected chi connectivity index (χ2v) is 14.2. The summed E-state index contributed by atoms with van der Waals surface area (Å²) in [5, 5.41) is 13.7. The number of aromatic nitrogens is 8. The lowest BCUT2D eigenvalue weighted by Gasteiger charge is -2.10. The van der Waals surface area contributed by atoms with Crippen LogP contribution in [0.15, 0.2) is 35.5 Å². The van der Waals surface area contributed by atoms with Gasteiger partial charge in [0.25, 0.3) is 5.56 Å². The van der Waals surface area contributed by atoms with E-state index >= 15 is 0 Å². The molecule has 0 aliphatic carbocycles. The third-order valence-electron chi connectivity index (χ3n) is 6.00. The van der Waals surface area contributed by atoms with Crippen molar-refractivity contribution < 1.29 is 21.6 Å². The Morgan fingerprint density at radius 3 is 2.15 bits per heavy atom. The number of aryl methyl sites for hydroxylation is 1. The van der Waals surface area contributed by atoms with E-state index in [0.717, 1.165) is 21.5 Å². The van der Waals surface area contributed by atoms with E-state index in [4.69, 9.17) is 4.74 Å². The first kappa shape index (κ1) is 28.1. The number of ether oxygens (including phenoxy) is 1. The molecule has 16 nitrogen and oxygen atoms in total. The third-order valence-corrected chi connectivity index (χ3v) is 10.2. The summed E-state index contributed by atoms with van der Waals surface area (Å²) in [4.78, 5) is 17.9. The largest absolute Gasteiger partial charge is 0.368 e. The molecule has 0 aliphatic heterocycles.